The van der Waals surface area contributed by atoms with Gasteiger partial charge in [0.2, 0.25) is 0 Å². The summed E-state index contributed by atoms with van der Waals surface area (Å²) in [5.41, 5.74) is 5.58. The topological polar surface area (TPSA) is 53.1 Å². The Balaban J connectivity index is 2.45. The number of ether oxygens (including phenoxy) is 1. The largest absolute Gasteiger partial charge is 0.465 e. The number of nitrogens with two attached hydrogens (primary N) is 1. The van der Waals surface area contributed by atoms with Crippen molar-refractivity contribution in [2.24, 2.45) is 0 Å². The minimum atomic E-state index is 0.656. The predicted octanol–water partition coefficient (Wildman–Crippen LogP) is 0.248. The Morgan fingerprint density at radius 2 is 2.60 bits per heavy atom. The number of hydrogen-bond donors (Lipinski definition) is 1. The van der Waals surface area contributed by atoms with Gasteiger partial charge in [-0.25, -0.2) is 4.98 Å². The second-order valence-electron chi connectivity index (χ2n) is 2.32. The van der Waals surface area contributed by atoms with Gasteiger partial charge in [-0.1, -0.05) is 0 Å². The van der Waals surface area contributed by atoms with E-state index < -0.39 is 0 Å². The molecule has 4 nitrogen and oxygen atoms in total. The van der Waals surface area contributed by atoms with Crippen molar-refractivity contribution < 1.29 is 4.74 Å². The lowest BCUT2D eigenvalue weighted by Gasteiger charge is -2.14. The monoisotopic (exact) mass is 139 g/mol. The Morgan fingerprint density at radius 1 is 1.70 bits per heavy atom. The SMILES string of the molecule is Nc1cnc2n1CCCO2. The number of aromatic nitrogens is 2. The van der Waals surface area contributed by atoms with Crippen LogP contribution in [0.15, 0.2) is 6.20 Å². The van der Waals surface area contributed by atoms with E-state index in [-0.39, 0.29) is 0 Å². The molecule has 0 radical (unpaired) electrons. The van der Waals surface area contributed by atoms with Crippen molar-refractivity contribution in [2.45, 2.75) is 13.0 Å². The number of nitrogen functional groups attached to an aromatic ring is 1. The van der Waals surface area contributed by atoms with Gasteiger partial charge in [-0.05, 0) is 6.42 Å². The van der Waals surface area contributed by atoms with Gasteiger partial charge in [-0.15, -0.1) is 0 Å². The second kappa shape index (κ2) is 1.90. The summed E-state index contributed by atoms with van der Waals surface area (Å²) in [7, 11) is 0. The molecule has 0 spiro atoms. The third-order valence-electron chi connectivity index (χ3n) is 1.61. The first-order valence-corrected chi connectivity index (χ1v) is 3.32. The van der Waals surface area contributed by atoms with Gasteiger partial charge in [-0.3, -0.25) is 4.57 Å². The van der Waals surface area contributed by atoms with Crippen LogP contribution < -0.4 is 10.5 Å². The number of rotatable bonds is 0. The quantitative estimate of drug-likeness (QED) is 0.560. The lowest BCUT2D eigenvalue weighted by Crippen LogP contribution is -2.15. The van der Waals surface area contributed by atoms with Gasteiger partial charge in [0.15, 0.2) is 0 Å². The molecule has 54 valence electrons. The number of fused-ring (bicyclic) bond motifs is 1. The van der Waals surface area contributed by atoms with Crippen LogP contribution in [0.3, 0.4) is 0 Å². The molecule has 2 heterocycles. The van der Waals surface area contributed by atoms with Crippen molar-refractivity contribution in [3.8, 4) is 6.01 Å². The summed E-state index contributed by atoms with van der Waals surface area (Å²) in [6.45, 7) is 1.69. The highest BCUT2D eigenvalue weighted by Gasteiger charge is 2.12. The summed E-state index contributed by atoms with van der Waals surface area (Å²) in [5, 5.41) is 0. The van der Waals surface area contributed by atoms with Crippen molar-refractivity contribution in [1.82, 2.24) is 9.55 Å². The van der Waals surface area contributed by atoms with Gasteiger partial charge < -0.3 is 10.5 Å². The van der Waals surface area contributed by atoms with E-state index in [9.17, 15) is 0 Å². The molecule has 1 aliphatic rings. The van der Waals surface area contributed by atoms with Gasteiger partial charge in [-0.2, -0.15) is 0 Å². The first-order chi connectivity index (χ1) is 4.88. The van der Waals surface area contributed by atoms with Crippen molar-refractivity contribution in [2.75, 3.05) is 12.3 Å². The average Bonchev–Trinajstić information content (AvgIpc) is 2.34. The molecule has 2 N–H and O–H groups in total. The minimum absolute atomic E-state index is 0.656. The van der Waals surface area contributed by atoms with Crippen molar-refractivity contribution in [3.63, 3.8) is 0 Å². The number of hydrogen-bond acceptors (Lipinski definition) is 3. The Bertz CT molecular complexity index is 243. The van der Waals surface area contributed by atoms with Crippen LogP contribution in [0.5, 0.6) is 6.01 Å². The minimum Gasteiger partial charge on any atom is -0.465 e. The van der Waals surface area contributed by atoms with Crippen LogP contribution in [0.1, 0.15) is 6.42 Å². The fourth-order valence-corrected chi connectivity index (χ4v) is 1.10. The van der Waals surface area contributed by atoms with Gasteiger partial charge in [0.25, 0.3) is 6.01 Å². The molecule has 10 heavy (non-hydrogen) atoms. The van der Waals surface area contributed by atoms with E-state index >= 15 is 0 Å². The van der Waals surface area contributed by atoms with E-state index in [4.69, 9.17) is 10.5 Å². The summed E-state index contributed by atoms with van der Waals surface area (Å²) in [5.74, 6) is 0.690. The average molecular weight is 139 g/mol. The molecule has 4 heteroatoms. The van der Waals surface area contributed by atoms with Crippen LogP contribution in [0.4, 0.5) is 5.82 Å². The third kappa shape index (κ3) is 0.650. The Kier molecular flexibility index (Phi) is 1.06. The highest BCUT2D eigenvalue weighted by atomic mass is 16.5. The van der Waals surface area contributed by atoms with Crippen LogP contribution in [-0.4, -0.2) is 16.2 Å². The van der Waals surface area contributed by atoms with Crippen LogP contribution in [-0.2, 0) is 6.54 Å². The molecule has 2 rings (SSSR count). The van der Waals surface area contributed by atoms with Gasteiger partial charge in [0.05, 0.1) is 12.8 Å². The van der Waals surface area contributed by atoms with Crippen LogP contribution in [0, 0.1) is 0 Å². The van der Waals surface area contributed by atoms with Crippen LogP contribution in [0.2, 0.25) is 0 Å². The first-order valence-electron chi connectivity index (χ1n) is 3.32. The van der Waals surface area contributed by atoms with E-state index in [1.807, 2.05) is 4.57 Å². The third-order valence-corrected chi connectivity index (χ3v) is 1.61. The number of imidazole rings is 1. The highest BCUT2D eigenvalue weighted by Crippen LogP contribution is 2.18. The van der Waals surface area contributed by atoms with E-state index in [1.54, 1.807) is 6.20 Å². The molecular formula is C6H9N3O. The number of nitrogens with zero attached hydrogens (tertiary/aromatic N) is 2. The molecule has 0 bridgehead atoms. The smallest absolute Gasteiger partial charge is 0.297 e. The normalized spacial score (nSPS) is 16.0. The van der Waals surface area contributed by atoms with E-state index in [0.29, 0.717) is 11.8 Å². The molecular weight excluding hydrogens is 130 g/mol. The zero-order valence-electron chi connectivity index (χ0n) is 5.58. The molecule has 0 saturated carbocycles. The second-order valence-corrected chi connectivity index (χ2v) is 2.32. The highest BCUT2D eigenvalue weighted by molar-refractivity contribution is 5.30. The Hall–Kier alpha value is -1.19. The maximum absolute atomic E-state index is 5.58. The molecule has 0 fully saturated rings. The van der Waals surface area contributed by atoms with E-state index in [1.165, 1.54) is 0 Å². The van der Waals surface area contributed by atoms with Gasteiger partial charge >= 0.3 is 0 Å². The van der Waals surface area contributed by atoms with E-state index in [0.717, 1.165) is 19.6 Å². The summed E-state index contributed by atoms with van der Waals surface area (Å²) >= 11 is 0. The molecule has 1 aromatic heterocycles. The van der Waals surface area contributed by atoms with Gasteiger partial charge in [0, 0.05) is 6.54 Å². The molecule has 1 aromatic rings. The Labute approximate surface area is 58.6 Å². The zero-order valence-corrected chi connectivity index (χ0v) is 5.58. The zero-order chi connectivity index (χ0) is 6.97. The molecule has 0 unspecified atom stereocenters. The molecule has 1 aliphatic heterocycles. The summed E-state index contributed by atoms with van der Waals surface area (Å²) in [4.78, 5) is 3.97. The van der Waals surface area contributed by atoms with Crippen molar-refractivity contribution in [1.29, 1.82) is 0 Å². The maximum atomic E-state index is 5.58. The van der Waals surface area contributed by atoms with Gasteiger partial charge in [0.1, 0.15) is 5.82 Å². The van der Waals surface area contributed by atoms with Crippen LogP contribution >= 0.6 is 0 Å². The summed E-state index contributed by atoms with van der Waals surface area (Å²) in [6, 6.07) is 0.656. The maximum Gasteiger partial charge on any atom is 0.297 e. The molecule has 0 aromatic carbocycles. The Morgan fingerprint density at radius 3 is 3.40 bits per heavy atom. The molecule has 0 atom stereocenters. The fourth-order valence-electron chi connectivity index (χ4n) is 1.10. The standard InChI is InChI=1S/C6H9N3O/c7-5-4-8-6-9(5)2-1-3-10-6/h4H,1-3,7H2. The molecule has 0 amide bonds. The van der Waals surface area contributed by atoms with Crippen molar-refractivity contribution in [3.05, 3.63) is 6.20 Å². The molecule has 0 aliphatic carbocycles. The van der Waals surface area contributed by atoms with Crippen molar-refractivity contribution >= 4 is 5.82 Å². The summed E-state index contributed by atoms with van der Waals surface area (Å²) in [6.07, 6.45) is 2.65. The molecule has 0 saturated heterocycles. The fraction of sp³-hybridized carbons (Fsp3) is 0.500. The lowest BCUT2D eigenvalue weighted by molar-refractivity contribution is 0.232. The predicted molar refractivity (Wildman–Crippen MR) is 36.8 cm³/mol. The summed E-state index contributed by atoms with van der Waals surface area (Å²) < 4.78 is 7.09. The van der Waals surface area contributed by atoms with Crippen LogP contribution in [0.25, 0.3) is 0 Å². The first kappa shape index (κ1) is 5.58. The van der Waals surface area contributed by atoms with E-state index in [2.05, 4.69) is 4.98 Å². The lowest BCUT2D eigenvalue weighted by atomic mass is 10.4. The number of anilines is 1.